The molecule has 1 aromatic rings. The van der Waals surface area contributed by atoms with E-state index in [2.05, 4.69) is 10.3 Å². The van der Waals surface area contributed by atoms with Crippen molar-refractivity contribution < 1.29 is 4.79 Å². The average molecular weight is 179 g/mol. The van der Waals surface area contributed by atoms with Crippen LogP contribution in [0.1, 0.15) is 13.3 Å². The van der Waals surface area contributed by atoms with E-state index in [9.17, 15) is 4.79 Å². The molecule has 4 nitrogen and oxygen atoms in total. The fourth-order valence-corrected chi connectivity index (χ4v) is 1.05. The molecule has 70 valence electrons. The Hall–Kier alpha value is -1.58. The number of carbonyl (C=O) groups excluding carboxylic acids is 1. The van der Waals surface area contributed by atoms with Crippen molar-refractivity contribution in [2.24, 2.45) is 5.73 Å². The number of nitrogens with one attached hydrogen (secondary N) is 1. The lowest BCUT2D eigenvalue weighted by Crippen LogP contribution is -2.24. The lowest BCUT2D eigenvalue weighted by molar-refractivity contribution is -0.118. The molecule has 1 atom stereocenters. The molecule has 0 radical (unpaired) electrons. The van der Waals surface area contributed by atoms with Crippen LogP contribution in [0, 0.1) is 0 Å². The number of rotatable bonds is 4. The smallest absolute Gasteiger partial charge is 0.219 e. The maximum absolute atomic E-state index is 10.6. The van der Waals surface area contributed by atoms with Gasteiger partial charge < -0.3 is 11.1 Å². The Morgan fingerprint density at radius 3 is 3.00 bits per heavy atom. The van der Waals surface area contributed by atoms with E-state index in [0.29, 0.717) is 6.42 Å². The number of carbonyl (C=O) groups is 1. The highest BCUT2D eigenvalue weighted by molar-refractivity contribution is 5.74. The van der Waals surface area contributed by atoms with Crippen LogP contribution >= 0.6 is 0 Å². The predicted octanol–water partition coefficient (Wildman–Crippen LogP) is 0.757. The summed E-state index contributed by atoms with van der Waals surface area (Å²) in [6.07, 6.45) is 2.01. The van der Waals surface area contributed by atoms with Crippen LogP contribution < -0.4 is 11.1 Å². The molecule has 3 N–H and O–H groups in total. The predicted molar refractivity (Wildman–Crippen MR) is 51.1 cm³/mol. The Balaban J connectivity index is 2.45. The maximum Gasteiger partial charge on any atom is 0.219 e. The first kappa shape index (κ1) is 9.51. The fourth-order valence-electron chi connectivity index (χ4n) is 1.05. The molecule has 1 unspecified atom stereocenters. The quantitative estimate of drug-likeness (QED) is 0.717. The van der Waals surface area contributed by atoms with Crippen LogP contribution in [-0.2, 0) is 4.79 Å². The molecule has 0 saturated heterocycles. The summed E-state index contributed by atoms with van der Waals surface area (Å²) in [5.41, 5.74) is 5.05. The molecule has 0 aromatic carbocycles. The summed E-state index contributed by atoms with van der Waals surface area (Å²) in [5.74, 6) is 0.451. The monoisotopic (exact) mass is 179 g/mol. The zero-order chi connectivity index (χ0) is 9.68. The van der Waals surface area contributed by atoms with Crippen molar-refractivity contribution in [1.82, 2.24) is 4.98 Å². The van der Waals surface area contributed by atoms with Gasteiger partial charge >= 0.3 is 0 Å². The molecule has 1 aromatic heterocycles. The molecule has 4 heteroatoms. The second-order valence-electron chi connectivity index (χ2n) is 2.93. The number of hydrogen-bond donors (Lipinski definition) is 2. The van der Waals surface area contributed by atoms with E-state index in [1.165, 1.54) is 0 Å². The number of hydrogen-bond acceptors (Lipinski definition) is 3. The molecular weight excluding hydrogens is 166 g/mol. The van der Waals surface area contributed by atoms with Crippen LogP contribution in [0.5, 0.6) is 0 Å². The van der Waals surface area contributed by atoms with E-state index >= 15 is 0 Å². The highest BCUT2D eigenvalue weighted by Crippen LogP contribution is 2.03. The van der Waals surface area contributed by atoms with Gasteiger partial charge in [0.2, 0.25) is 5.91 Å². The van der Waals surface area contributed by atoms with Crippen LogP contribution in [0.2, 0.25) is 0 Å². The summed E-state index contributed by atoms with van der Waals surface area (Å²) in [5, 5.41) is 3.06. The first-order valence-corrected chi connectivity index (χ1v) is 4.14. The number of primary amides is 1. The Labute approximate surface area is 77.2 Å². The van der Waals surface area contributed by atoms with Crippen molar-refractivity contribution in [1.29, 1.82) is 0 Å². The van der Waals surface area contributed by atoms with E-state index in [0.717, 1.165) is 5.82 Å². The average Bonchev–Trinajstić information content (AvgIpc) is 2.04. The third-order valence-corrected chi connectivity index (χ3v) is 1.57. The van der Waals surface area contributed by atoms with E-state index in [1.807, 2.05) is 25.1 Å². The molecule has 13 heavy (non-hydrogen) atoms. The van der Waals surface area contributed by atoms with Gasteiger partial charge in [-0.3, -0.25) is 4.79 Å². The topological polar surface area (TPSA) is 68.0 Å². The van der Waals surface area contributed by atoms with Crippen molar-refractivity contribution in [3.05, 3.63) is 24.4 Å². The highest BCUT2D eigenvalue weighted by atomic mass is 16.1. The van der Waals surface area contributed by atoms with E-state index in [1.54, 1.807) is 6.20 Å². The molecule has 1 heterocycles. The lowest BCUT2D eigenvalue weighted by atomic mass is 10.2. The van der Waals surface area contributed by atoms with Gasteiger partial charge in [-0.15, -0.1) is 0 Å². The van der Waals surface area contributed by atoms with Gasteiger partial charge in [0.1, 0.15) is 5.82 Å². The number of aromatic nitrogens is 1. The van der Waals surface area contributed by atoms with Crippen molar-refractivity contribution in [2.45, 2.75) is 19.4 Å². The van der Waals surface area contributed by atoms with Gasteiger partial charge in [-0.25, -0.2) is 4.98 Å². The van der Waals surface area contributed by atoms with Gasteiger partial charge in [-0.1, -0.05) is 6.07 Å². The van der Waals surface area contributed by atoms with Crippen molar-refractivity contribution >= 4 is 11.7 Å². The number of nitrogens with zero attached hydrogens (tertiary/aromatic N) is 1. The molecular formula is C9H13N3O. The Kier molecular flexibility index (Phi) is 3.25. The lowest BCUT2D eigenvalue weighted by Gasteiger charge is -2.11. The first-order valence-electron chi connectivity index (χ1n) is 4.14. The van der Waals surface area contributed by atoms with Gasteiger partial charge in [-0.2, -0.15) is 0 Å². The minimum atomic E-state index is -0.309. The zero-order valence-corrected chi connectivity index (χ0v) is 7.53. The number of amides is 1. The van der Waals surface area contributed by atoms with E-state index in [4.69, 9.17) is 5.73 Å². The van der Waals surface area contributed by atoms with Crippen LogP contribution in [0.15, 0.2) is 24.4 Å². The van der Waals surface area contributed by atoms with Gasteiger partial charge in [0, 0.05) is 18.7 Å². The van der Waals surface area contributed by atoms with Gasteiger partial charge in [0.15, 0.2) is 0 Å². The molecule has 0 fully saturated rings. The number of anilines is 1. The maximum atomic E-state index is 10.6. The molecule has 1 amide bonds. The van der Waals surface area contributed by atoms with Crippen molar-refractivity contribution in [3.63, 3.8) is 0 Å². The molecule has 1 rings (SSSR count). The zero-order valence-electron chi connectivity index (χ0n) is 7.53. The first-order chi connectivity index (χ1) is 6.18. The van der Waals surface area contributed by atoms with E-state index < -0.39 is 0 Å². The third kappa shape index (κ3) is 3.55. The normalized spacial score (nSPS) is 12.1. The minimum Gasteiger partial charge on any atom is -0.370 e. The summed E-state index contributed by atoms with van der Waals surface area (Å²) in [7, 11) is 0. The molecule has 0 aliphatic heterocycles. The second kappa shape index (κ2) is 4.45. The fraction of sp³-hybridized carbons (Fsp3) is 0.333. The Bertz CT molecular complexity index is 273. The Morgan fingerprint density at radius 2 is 2.46 bits per heavy atom. The van der Waals surface area contributed by atoms with Crippen LogP contribution in [0.3, 0.4) is 0 Å². The summed E-state index contributed by atoms with van der Waals surface area (Å²) in [6, 6.07) is 5.58. The molecule has 0 spiro atoms. The molecule has 0 aliphatic carbocycles. The SMILES string of the molecule is CC(CC(N)=O)Nc1ccccn1. The molecule has 0 saturated carbocycles. The largest absolute Gasteiger partial charge is 0.370 e. The summed E-state index contributed by atoms with van der Waals surface area (Å²) in [6.45, 7) is 1.89. The van der Waals surface area contributed by atoms with Crippen molar-refractivity contribution in [3.8, 4) is 0 Å². The molecule has 0 aliphatic rings. The second-order valence-corrected chi connectivity index (χ2v) is 2.93. The van der Waals surface area contributed by atoms with Gasteiger partial charge in [0.25, 0.3) is 0 Å². The van der Waals surface area contributed by atoms with E-state index in [-0.39, 0.29) is 11.9 Å². The highest BCUT2D eigenvalue weighted by Gasteiger charge is 2.05. The summed E-state index contributed by atoms with van der Waals surface area (Å²) < 4.78 is 0. The minimum absolute atomic E-state index is 0.0207. The summed E-state index contributed by atoms with van der Waals surface area (Å²) >= 11 is 0. The standard InChI is InChI=1S/C9H13N3O/c1-7(6-8(10)13)12-9-4-2-3-5-11-9/h2-5,7H,6H2,1H3,(H2,10,13)(H,11,12). The molecule has 0 bridgehead atoms. The van der Waals surface area contributed by atoms with Crippen molar-refractivity contribution in [2.75, 3.05) is 5.32 Å². The summed E-state index contributed by atoms with van der Waals surface area (Å²) in [4.78, 5) is 14.6. The number of nitrogens with two attached hydrogens (primary N) is 1. The van der Waals surface area contributed by atoms with Gasteiger partial charge in [-0.05, 0) is 19.1 Å². The van der Waals surface area contributed by atoms with Gasteiger partial charge in [0.05, 0.1) is 0 Å². The van der Waals surface area contributed by atoms with Crippen LogP contribution in [0.25, 0.3) is 0 Å². The Morgan fingerprint density at radius 1 is 1.69 bits per heavy atom. The third-order valence-electron chi connectivity index (χ3n) is 1.57. The van der Waals surface area contributed by atoms with Crippen LogP contribution in [0.4, 0.5) is 5.82 Å². The number of pyridine rings is 1. The van der Waals surface area contributed by atoms with Crippen LogP contribution in [-0.4, -0.2) is 16.9 Å².